The van der Waals surface area contributed by atoms with Crippen molar-refractivity contribution in [2.24, 2.45) is 0 Å². The highest BCUT2D eigenvalue weighted by molar-refractivity contribution is 7.91. The summed E-state index contributed by atoms with van der Waals surface area (Å²) >= 11 is 0. The SMILES string of the molecule is CCNC(=O)CCNC1CS(=O)(=O)CC1O. The Morgan fingerprint density at radius 1 is 1.44 bits per heavy atom. The first-order valence-electron chi connectivity index (χ1n) is 5.33. The maximum Gasteiger partial charge on any atom is 0.221 e. The van der Waals surface area contributed by atoms with E-state index < -0.39 is 22.0 Å². The minimum atomic E-state index is -3.12. The molecule has 0 bridgehead atoms. The van der Waals surface area contributed by atoms with Crippen LogP contribution in [0.3, 0.4) is 0 Å². The van der Waals surface area contributed by atoms with Gasteiger partial charge in [-0.1, -0.05) is 0 Å². The molecule has 1 saturated heterocycles. The highest BCUT2D eigenvalue weighted by Gasteiger charge is 2.35. The van der Waals surface area contributed by atoms with E-state index in [2.05, 4.69) is 10.6 Å². The summed E-state index contributed by atoms with van der Waals surface area (Å²) < 4.78 is 22.3. The number of hydrogen-bond acceptors (Lipinski definition) is 5. The molecule has 3 N–H and O–H groups in total. The fraction of sp³-hybridized carbons (Fsp3) is 0.889. The molecule has 1 amide bonds. The van der Waals surface area contributed by atoms with Crippen LogP contribution in [0.25, 0.3) is 0 Å². The van der Waals surface area contributed by atoms with E-state index in [9.17, 15) is 18.3 Å². The van der Waals surface area contributed by atoms with Crippen LogP contribution in [0, 0.1) is 0 Å². The molecule has 2 unspecified atom stereocenters. The van der Waals surface area contributed by atoms with E-state index >= 15 is 0 Å². The van der Waals surface area contributed by atoms with Gasteiger partial charge in [0.25, 0.3) is 0 Å². The van der Waals surface area contributed by atoms with Gasteiger partial charge in [0.1, 0.15) is 0 Å². The fourth-order valence-corrected chi connectivity index (χ4v) is 3.46. The third-order valence-electron chi connectivity index (χ3n) is 2.46. The van der Waals surface area contributed by atoms with Crippen LogP contribution in [0.1, 0.15) is 13.3 Å². The van der Waals surface area contributed by atoms with E-state index in [1.807, 2.05) is 6.92 Å². The molecular formula is C9H18N2O4S. The average molecular weight is 250 g/mol. The van der Waals surface area contributed by atoms with Gasteiger partial charge in [0.2, 0.25) is 5.91 Å². The maximum atomic E-state index is 11.2. The second-order valence-corrected chi connectivity index (χ2v) is 6.06. The number of hydrogen-bond donors (Lipinski definition) is 3. The van der Waals surface area contributed by atoms with Gasteiger partial charge in [0.05, 0.1) is 17.6 Å². The number of sulfone groups is 1. The molecule has 2 atom stereocenters. The number of aliphatic hydroxyl groups excluding tert-OH is 1. The molecule has 0 radical (unpaired) electrons. The van der Waals surface area contributed by atoms with Crippen molar-refractivity contribution in [2.75, 3.05) is 24.6 Å². The van der Waals surface area contributed by atoms with E-state index in [0.29, 0.717) is 13.1 Å². The van der Waals surface area contributed by atoms with Gasteiger partial charge in [-0.25, -0.2) is 8.42 Å². The summed E-state index contributed by atoms with van der Waals surface area (Å²) in [5.41, 5.74) is 0. The van der Waals surface area contributed by atoms with Gasteiger partial charge >= 0.3 is 0 Å². The lowest BCUT2D eigenvalue weighted by Gasteiger charge is -2.14. The summed E-state index contributed by atoms with van der Waals surface area (Å²) in [4.78, 5) is 11.1. The molecule has 7 heteroatoms. The fourth-order valence-electron chi connectivity index (χ4n) is 1.68. The molecule has 94 valence electrons. The second kappa shape index (κ2) is 5.60. The van der Waals surface area contributed by atoms with Crippen molar-refractivity contribution in [2.45, 2.75) is 25.5 Å². The first kappa shape index (κ1) is 13.4. The Labute approximate surface area is 95.3 Å². The summed E-state index contributed by atoms with van der Waals surface area (Å²) in [5.74, 6) is -0.319. The Bertz CT molecular complexity index is 341. The van der Waals surface area contributed by atoms with E-state index in [1.54, 1.807) is 0 Å². The minimum absolute atomic E-state index is 0.0520. The number of carbonyl (C=O) groups is 1. The lowest BCUT2D eigenvalue weighted by atomic mass is 10.2. The normalized spacial score (nSPS) is 27.9. The van der Waals surface area contributed by atoms with Crippen molar-refractivity contribution in [1.29, 1.82) is 0 Å². The Balaban J connectivity index is 2.26. The van der Waals surface area contributed by atoms with Crippen LogP contribution in [-0.4, -0.2) is 56.2 Å². The van der Waals surface area contributed by atoms with Gasteiger partial charge in [0.15, 0.2) is 9.84 Å². The third-order valence-corrected chi connectivity index (χ3v) is 4.17. The van der Waals surface area contributed by atoms with Gasteiger partial charge in [0, 0.05) is 25.6 Å². The molecule has 0 saturated carbocycles. The second-order valence-electron chi connectivity index (χ2n) is 3.91. The van der Waals surface area contributed by atoms with Crippen molar-refractivity contribution in [3.8, 4) is 0 Å². The molecule has 0 spiro atoms. The van der Waals surface area contributed by atoms with Gasteiger partial charge in [-0.15, -0.1) is 0 Å². The molecule has 1 fully saturated rings. The molecule has 1 aliphatic heterocycles. The molecular weight excluding hydrogens is 232 g/mol. The summed E-state index contributed by atoms with van der Waals surface area (Å²) in [6.07, 6.45) is -0.573. The summed E-state index contributed by atoms with van der Waals surface area (Å²) in [6, 6.07) is -0.445. The van der Waals surface area contributed by atoms with Crippen LogP contribution in [0.5, 0.6) is 0 Å². The number of carbonyl (C=O) groups excluding carboxylic acids is 1. The topological polar surface area (TPSA) is 95.5 Å². The van der Waals surface area contributed by atoms with E-state index in [1.165, 1.54) is 0 Å². The maximum absolute atomic E-state index is 11.2. The van der Waals surface area contributed by atoms with Crippen LogP contribution in [0.2, 0.25) is 0 Å². The van der Waals surface area contributed by atoms with E-state index in [-0.39, 0.29) is 23.8 Å². The summed E-state index contributed by atoms with van der Waals surface area (Å²) in [5, 5.41) is 15.0. The molecule has 1 heterocycles. The molecule has 0 aromatic carbocycles. The monoisotopic (exact) mass is 250 g/mol. The zero-order valence-electron chi connectivity index (χ0n) is 9.27. The van der Waals surface area contributed by atoms with Crippen molar-refractivity contribution in [1.82, 2.24) is 10.6 Å². The number of nitrogens with one attached hydrogen (secondary N) is 2. The Hall–Kier alpha value is -0.660. The Kier molecular flexibility index (Phi) is 4.69. The molecule has 6 nitrogen and oxygen atoms in total. The summed E-state index contributed by atoms with van der Waals surface area (Å²) in [6.45, 7) is 2.79. The number of aliphatic hydroxyl groups is 1. The standard InChI is InChI=1S/C9H18N2O4S/c1-2-10-9(13)3-4-11-7-5-16(14,15)6-8(7)12/h7-8,11-12H,2-6H2,1H3,(H,10,13). The van der Waals surface area contributed by atoms with Gasteiger partial charge in [-0.3, -0.25) is 4.79 Å². The van der Waals surface area contributed by atoms with Crippen molar-refractivity contribution >= 4 is 15.7 Å². The summed E-state index contributed by atoms with van der Waals surface area (Å²) in [7, 11) is -3.12. The van der Waals surface area contributed by atoms with Crippen molar-refractivity contribution in [3.63, 3.8) is 0 Å². The zero-order valence-corrected chi connectivity index (χ0v) is 10.1. The van der Waals surface area contributed by atoms with Gasteiger partial charge in [-0.05, 0) is 6.92 Å². The molecule has 0 aromatic rings. The number of rotatable bonds is 5. The van der Waals surface area contributed by atoms with Gasteiger partial charge in [-0.2, -0.15) is 0 Å². The largest absolute Gasteiger partial charge is 0.390 e. The quantitative estimate of drug-likeness (QED) is 0.538. The van der Waals surface area contributed by atoms with Crippen molar-refractivity contribution in [3.05, 3.63) is 0 Å². The highest BCUT2D eigenvalue weighted by Crippen LogP contribution is 2.12. The van der Waals surface area contributed by atoms with Crippen LogP contribution in [-0.2, 0) is 14.6 Å². The molecule has 0 aliphatic carbocycles. The molecule has 16 heavy (non-hydrogen) atoms. The van der Waals surface area contributed by atoms with E-state index in [4.69, 9.17) is 0 Å². The first-order chi connectivity index (χ1) is 7.44. The third kappa shape index (κ3) is 4.07. The van der Waals surface area contributed by atoms with Crippen LogP contribution in [0.4, 0.5) is 0 Å². The lowest BCUT2D eigenvalue weighted by Crippen LogP contribution is -2.40. The molecule has 1 aliphatic rings. The van der Waals surface area contributed by atoms with E-state index in [0.717, 1.165) is 0 Å². The lowest BCUT2D eigenvalue weighted by molar-refractivity contribution is -0.120. The smallest absolute Gasteiger partial charge is 0.221 e. The minimum Gasteiger partial charge on any atom is -0.390 e. The predicted molar refractivity (Wildman–Crippen MR) is 59.8 cm³/mol. The van der Waals surface area contributed by atoms with Crippen LogP contribution in [0.15, 0.2) is 0 Å². The highest BCUT2D eigenvalue weighted by atomic mass is 32.2. The predicted octanol–water partition coefficient (Wildman–Crippen LogP) is -1.74. The molecule has 1 rings (SSSR count). The average Bonchev–Trinajstić information content (AvgIpc) is 2.40. The van der Waals surface area contributed by atoms with Crippen LogP contribution < -0.4 is 10.6 Å². The Morgan fingerprint density at radius 2 is 2.12 bits per heavy atom. The molecule has 0 aromatic heterocycles. The van der Waals surface area contributed by atoms with Gasteiger partial charge < -0.3 is 15.7 Å². The first-order valence-corrected chi connectivity index (χ1v) is 7.15. The zero-order chi connectivity index (χ0) is 12.2. The van der Waals surface area contributed by atoms with Crippen LogP contribution >= 0.6 is 0 Å². The number of amides is 1. The van der Waals surface area contributed by atoms with Crippen molar-refractivity contribution < 1.29 is 18.3 Å². The Morgan fingerprint density at radius 3 is 2.62 bits per heavy atom.